The van der Waals surface area contributed by atoms with Crippen molar-refractivity contribution in [3.8, 4) is 0 Å². The molecule has 1 aliphatic carbocycles. The third kappa shape index (κ3) is 3.93. The van der Waals surface area contributed by atoms with Crippen molar-refractivity contribution < 1.29 is 9.84 Å². The average molecular weight is 409 g/mol. The van der Waals surface area contributed by atoms with E-state index in [1.165, 1.54) is 18.4 Å². The van der Waals surface area contributed by atoms with Gasteiger partial charge in [0.05, 0.1) is 12.7 Å². The number of aliphatic hydroxyl groups is 1. The molecule has 4 rings (SSSR count). The molecule has 1 N–H and O–H groups in total. The molecule has 4 heteroatoms. The number of likely N-dealkylation sites (tertiary alicyclic amines) is 1. The van der Waals surface area contributed by atoms with Crippen LogP contribution in [0.4, 0.5) is 0 Å². The SMILES string of the molecule is CC(C)c1ccc([C@](O)(c2cncc(COC3CCCC3)c2)C2(C)CN(C)C2)cc1. The molecule has 0 amide bonds. The van der Waals surface area contributed by atoms with Gasteiger partial charge in [0.25, 0.3) is 0 Å². The maximum absolute atomic E-state index is 12.3. The molecule has 0 unspecified atom stereocenters. The van der Waals surface area contributed by atoms with E-state index in [4.69, 9.17) is 4.74 Å². The van der Waals surface area contributed by atoms with Crippen molar-refractivity contribution in [2.45, 2.75) is 70.7 Å². The van der Waals surface area contributed by atoms with E-state index in [9.17, 15) is 5.11 Å². The molecule has 2 fully saturated rings. The van der Waals surface area contributed by atoms with Gasteiger partial charge in [-0.1, -0.05) is 57.9 Å². The van der Waals surface area contributed by atoms with E-state index in [2.05, 4.69) is 68.0 Å². The smallest absolute Gasteiger partial charge is 0.124 e. The van der Waals surface area contributed by atoms with Gasteiger partial charge >= 0.3 is 0 Å². The minimum atomic E-state index is -1.09. The quantitative estimate of drug-likeness (QED) is 0.711. The van der Waals surface area contributed by atoms with Crippen molar-refractivity contribution in [3.05, 3.63) is 65.0 Å². The van der Waals surface area contributed by atoms with Crippen LogP contribution >= 0.6 is 0 Å². The highest BCUT2D eigenvalue weighted by Gasteiger charge is 2.55. The van der Waals surface area contributed by atoms with Crippen molar-refractivity contribution >= 4 is 0 Å². The van der Waals surface area contributed by atoms with E-state index in [1.54, 1.807) is 0 Å². The number of nitrogens with zero attached hydrogens (tertiary/aromatic N) is 2. The van der Waals surface area contributed by atoms with Crippen LogP contribution in [0.3, 0.4) is 0 Å². The van der Waals surface area contributed by atoms with Gasteiger partial charge in [-0.05, 0) is 48.6 Å². The van der Waals surface area contributed by atoms with Crippen molar-refractivity contribution in [2.24, 2.45) is 5.41 Å². The minimum Gasteiger partial charge on any atom is -0.380 e. The van der Waals surface area contributed by atoms with Gasteiger partial charge in [0.1, 0.15) is 5.60 Å². The standard InChI is InChI=1S/C26H36N2O2/c1-19(2)21-9-11-22(12-10-21)26(29,25(3)17-28(4)18-25)23-13-20(14-27-15-23)16-30-24-7-5-6-8-24/h9-15,19,24,29H,5-8,16-18H2,1-4H3/t26-/m0/s1. The van der Waals surface area contributed by atoms with Gasteiger partial charge in [0, 0.05) is 36.5 Å². The third-order valence-electron chi connectivity index (χ3n) is 7.11. The fourth-order valence-corrected chi connectivity index (χ4v) is 5.38. The lowest BCUT2D eigenvalue weighted by Crippen LogP contribution is -2.63. The van der Waals surface area contributed by atoms with Crippen molar-refractivity contribution in [2.75, 3.05) is 20.1 Å². The molecular weight excluding hydrogens is 372 g/mol. The van der Waals surface area contributed by atoms with Crippen LogP contribution < -0.4 is 0 Å². The van der Waals surface area contributed by atoms with Gasteiger partial charge in [-0.15, -0.1) is 0 Å². The lowest BCUT2D eigenvalue weighted by molar-refractivity contribution is -0.127. The lowest BCUT2D eigenvalue weighted by atomic mass is 9.62. The summed E-state index contributed by atoms with van der Waals surface area (Å²) < 4.78 is 6.12. The van der Waals surface area contributed by atoms with Gasteiger partial charge in [-0.2, -0.15) is 0 Å². The van der Waals surface area contributed by atoms with Crippen LogP contribution in [0.5, 0.6) is 0 Å². The highest BCUT2D eigenvalue weighted by molar-refractivity contribution is 5.41. The van der Waals surface area contributed by atoms with Gasteiger partial charge in [0.2, 0.25) is 0 Å². The second kappa shape index (κ2) is 8.41. The first kappa shape index (κ1) is 21.5. The average Bonchev–Trinajstić information content (AvgIpc) is 3.24. The van der Waals surface area contributed by atoms with Crippen molar-refractivity contribution in [3.63, 3.8) is 0 Å². The van der Waals surface area contributed by atoms with Crippen LogP contribution in [-0.4, -0.2) is 41.2 Å². The first-order valence-electron chi connectivity index (χ1n) is 11.4. The largest absolute Gasteiger partial charge is 0.380 e. The van der Waals surface area contributed by atoms with Gasteiger partial charge < -0.3 is 14.7 Å². The summed E-state index contributed by atoms with van der Waals surface area (Å²) in [6, 6.07) is 10.6. The highest BCUT2D eigenvalue weighted by Crippen LogP contribution is 2.50. The molecule has 4 nitrogen and oxygen atoms in total. The Morgan fingerprint density at radius 3 is 2.40 bits per heavy atom. The van der Waals surface area contributed by atoms with Crippen LogP contribution in [-0.2, 0) is 16.9 Å². The Balaban J connectivity index is 1.67. The Morgan fingerprint density at radius 1 is 1.13 bits per heavy atom. The number of aromatic nitrogens is 1. The molecule has 0 bridgehead atoms. The number of hydrogen-bond donors (Lipinski definition) is 1. The fraction of sp³-hybridized carbons (Fsp3) is 0.577. The molecule has 1 aromatic carbocycles. The molecule has 1 aromatic heterocycles. The summed E-state index contributed by atoms with van der Waals surface area (Å²) >= 11 is 0. The summed E-state index contributed by atoms with van der Waals surface area (Å²) in [5.74, 6) is 0.468. The first-order valence-corrected chi connectivity index (χ1v) is 11.4. The molecule has 2 aliphatic rings. The maximum atomic E-state index is 12.3. The predicted molar refractivity (Wildman–Crippen MR) is 120 cm³/mol. The van der Waals surface area contributed by atoms with E-state index >= 15 is 0 Å². The Labute approximate surface area is 181 Å². The molecule has 162 valence electrons. The minimum absolute atomic E-state index is 0.270. The first-order chi connectivity index (χ1) is 14.3. The van der Waals surface area contributed by atoms with E-state index < -0.39 is 5.60 Å². The summed E-state index contributed by atoms with van der Waals surface area (Å²) in [6.45, 7) is 8.83. The topological polar surface area (TPSA) is 45.6 Å². The summed E-state index contributed by atoms with van der Waals surface area (Å²) in [7, 11) is 2.11. The Hall–Kier alpha value is -1.75. The molecule has 2 aromatic rings. The van der Waals surface area contributed by atoms with Gasteiger partial charge in [0.15, 0.2) is 0 Å². The summed E-state index contributed by atoms with van der Waals surface area (Å²) in [5.41, 5.74) is 2.77. The molecule has 0 spiro atoms. The zero-order valence-corrected chi connectivity index (χ0v) is 18.9. The molecule has 1 aliphatic heterocycles. The van der Waals surface area contributed by atoms with Gasteiger partial charge in [-0.3, -0.25) is 4.98 Å². The van der Waals surface area contributed by atoms with Crippen LogP contribution in [0.15, 0.2) is 42.7 Å². The molecule has 1 saturated carbocycles. The predicted octanol–water partition coefficient (Wildman–Crippen LogP) is 4.85. The monoisotopic (exact) mass is 408 g/mol. The van der Waals surface area contributed by atoms with Crippen LogP contribution in [0.1, 0.15) is 74.6 Å². The summed E-state index contributed by atoms with van der Waals surface area (Å²) in [4.78, 5) is 6.76. The Morgan fingerprint density at radius 2 is 1.80 bits per heavy atom. The number of benzene rings is 1. The van der Waals surface area contributed by atoms with Crippen LogP contribution in [0.25, 0.3) is 0 Å². The molecule has 2 heterocycles. The number of ether oxygens (including phenoxy) is 1. The van der Waals surface area contributed by atoms with E-state index in [0.29, 0.717) is 18.6 Å². The third-order valence-corrected chi connectivity index (χ3v) is 7.11. The molecular formula is C26H36N2O2. The zero-order chi connectivity index (χ0) is 21.4. The fourth-order valence-electron chi connectivity index (χ4n) is 5.38. The number of pyridine rings is 1. The van der Waals surface area contributed by atoms with E-state index in [1.807, 2.05) is 12.4 Å². The molecule has 1 atom stereocenters. The maximum Gasteiger partial charge on any atom is 0.124 e. The van der Waals surface area contributed by atoms with Crippen molar-refractivity contribution in [1.29, 1.82) is 0 Å². The zero-order valence-electron chi connectivity index (χ0n) is 18.9. The number of rotatable bonds is 7. The lowest BCUT2D eigenvalue weighted by Gasteiger charge is -2.56. The highest BCUT2D eigenvalue weighted by atomic mass is 16.5. The van der Waals surface area contributed by atoms with E-state index in [-0.39, 0.29) is 5.41 Å². The summed E-state index contributed by atoms with van der Waals surface area (Å²) in [6.07, 6.45) is 8.92. The second-order valence-corrected chi connectivity index (χ2v) is 10.0. The molecule has 30 heavy (non-hydrogen) atoms. The molecule has 0 radical (unpaired) electrons. The van der Waals surface area contributed by atoms with Crippen LogP contribution in [0.2, 0.25) is 0 Å². The molecule has 1 saturated heterocycles. The Kier molecular flexibility index (Phi) is 6.02. The normalized spacial score (nSPS) is 21.5. The van der Waals surface area contributed by atoms with E-state index in [0.717, 1.165) is 42.6 Å². The second-order valence-electron chi connectivity index (χ2n) is 10.0. The number of hydrogen-bond acceptors (Lipinski definition) is 4. The summed E-state index contributed by atoms with van der Waals surface area (Å²) in [5, 5.41) is 12.3. The van der Waals surface area contributed by atoms with Gasteiger partial charge in [-0.25, -0.2) is 0 Å². The Bertz CT molecular complexity index is 852. The van der Waals surface area contributed by atoms with Crippen LogP contribution in [0, 0.1) is 5.41 Å². The van der Waals surface area contributed by atoms with Crippen molar-refractivity contribution in [1.82, 2.24) is 9.88 Å².